The van der Waals surface area contributed by atoms with E-state index < -0.39 is 23.9 Å². The number of aryl methyl sites for hydroxylation is 1. The molecule has 2 aromatic carbocycles. The number of fused-ring (bicyclic) bond motifs is 5. The number of nitrogens with one attached hydrogen (secondary N) is 2. The number of rotatable bonds is 2. The van der Waals surface area contributed by atoms with E-state index in [1.54, 1.807) is 23.1 Å². The van der Waals surface area contributed by atoms with Gasteiger partial charge in [0.25, 0.3) is 11.8 Å². The molecule has 1 aromatic heterocycles. The van der Waals surface area contributed by atoms with E-state index in [1.165, 1.54) is 37.6 Å². The summed E-state index contributed by atoms with van der Waals surface area (Å²) >= 11 is 0. The van der Waals surface area contributed by atoms with Gasteiger partial charge in [0.2, 0.25) is 5.91 Å². The third-order valence-corrected chi connectivity index (χ3v) is 7.24. The van der Waals surface area contributed by atoms with E-state index >= 15 is 0 Å². The molecule has 1 fully saturated rings. The van der Waals surface area contributed by atoms with Gasteiger partial charge in [-0.15, -0.1) is 0 Å². The molecule has 4 bridgehead atoms. The number of hydrogen-bond acceptors (Lipinski definition) is 8. The Bertz CT molecular complexity index is 1560. The first-order valence-electron chi connectivity index (χ1n) is 13.8. The van der Waals surface area contributed by atoms with Crippen molar-refractivity contribution >= 4 is 17.7 Å². The first kappa shape index (κ1) is 29.3. The molecular formula is C31H30FN5O6. The van der Waals surface area contributed by atoms with E-state index in [-0.39, 0.29) is 49.4 Å². The molecular weight excluding hydrogens is 557 g/mol. The predicted molar refractivity (Wildman–Crippen MR) is 151 cm³/mol. The van der Waals surface area contributed by atoms with E-state index in [1.807, 2.05) is 12.1 Å². The number of ether oxygens (including phenoxy) is 3. The fraction of sp³-hybridized carbons (Fsp3) is 0.323. The Morgan fingerprint density at radius 2 is 1.98 bits per heavy atom. The van der Waals surface area contributed by atoms with E-state index in [0.29, 0.717) is 42.0 Å². The van der Waals surface area contributed by atoms with Crippen LogP contribution in [0.2, 0.25) is 0 Å². The molecule has 12 heteroatoms. The molecule has 0 spiro atoms. The molecule has 0 aliphatic carbocycles. The van der Waals surface area contributed by atoms with Gasteiger partial charge in [-0.1, -0.05) is 6.07 Å². The monoisotopic (exact) mass is 587 g/mol. The molecule has 3 heterocycles. The largest absolute Gasteiger partial charge is 0.493 e. The lowest BCUT2D eigenvalue weighted by molar-refractivity contribution is -0.125. The summed E-state index contributed by atoms with van der Waals surface area (Å²) < 4.78 is 31.9. The minimum Gasteiger partial charge on any atom is -0.493 e. The van der Waals surface area contributed by atoms with Crippen LogP contribution in [0.5, 0.6) is 17.2 Å². The summed E-state index contributed by atoms with van der Waals surface area (Å²) in [5.41, 5.74) is 1.83. The van der Waals surface area contributed by atoms with Gasteiger partial charge in [-0.25, -0.2) is 9.37 Å². The van der Waals surface area contributed by atoms with Gasteiger partial charge in [0, 0.05) is 44.7 Å². The van der Waals surface area contributed by atoms with Crippen molar-refractivity contribution in [1.82, 2.24) is 20.5 Å². The van der Waals surface area contributed by atoms with Crippen LogP contribution in [-0.4, -0.2) is 66.6 Å². The van der Waals surface area contributed by atoms with Crippen LogP contribution < -0.4 is 24.8 Å². The van der Waals surface area contributed by atoms with E-state index in [9.17, 15) is 18.8 Å². The maximum Gasteiger partial charge on any atom is 0.258 e. The molecule has 0 radical (unpaired) electrons. The van der Waals surface area contributed by atoms with Crippen molar-refractivity contribution in [1.29, 1.82) is 5.26 Å². The number of methoxy groups -OCH3 is 1. The number of piperidine rings is 1. The lowest BCUT2D eigenvalue weighted by Gasteiger charge is -2.39. The second-order valence-corrected chi connectivity index (χ2v) is 10.3. The van der Waals surface area contributed by atoms with Gasteiger partial charge in [0.05, 0.1) is 18.7 Å². The number of aromatic nitrogens is 1. The highest BCUT2D eigenvalue weighted by Gasteiger charge is 2.35. The van der Waals surface area contributed by atoms with E-state index in [0.717, 1.165) is 5.56 Å². The van der Waals surface area contributed by atoms with Crippen molar-refractivity contribution in [2.75, 3.05) is 26.8 Å². The molecule has 3 aromatic rings. The molecule has 3 amide bonds. The summed E-state index contributed by atoms with van der Waals surface area (Å²) in [5.74, 6) is -0.489. The van der Waals surface area contributed by atoms with Crippen molar-refractivity contribution in [3.63, 3.8) is 0 Å². The SMILES string of the molecule is COc1ccc2cc1OCC(=O)N[C@@H]1CN(C(=O)c3ccc(C#N)nc3)CC[C@H]1Oc1cc(F)cc(c1)CNC(=O)CC2. The molecule has 2 aliphatic heterocycles. The van der Waals surface area contributed by atoms with E-state index in [4.69, 9.17) is 19.5 Å². The van der Waals surface area contributed by atoms with Gasteiger partial charge in [0.15, 0.2) is 18.1 Å². The maximum absolute atomic E-state index is 14.5. The summed E-state index contributed by atoms with van der Waals surface area (Å²) in [7, 11) is 1.49. The number of nitriles is 1. The van der Waals surface area contributed by atoms with Crippen molar-refractivity contribution in [2.45, 2.75) is 38.0 Å². The predicted octanol–water partition coefficient (Wildman–Crippen LogP) is 2.52. The molecule has 11 nitrogen and oxygen atoms in total. The summed E-state index contributed by atoms with van der Waals surface area (Å²) in [6, 6.07) is 13.7. The number of hydrogen-bond donors (Lipinski definition) is 2. The Morgan fingerprint density at radius 1 is 1.12 bits per heavy atom. The van der Waals surface area contributed by atoms with Crippen LogP contribution >= 0.6 is 0 Å². The first-order valence-corrected chi connectivity index (χ1v) is 13.8. The summed E-state index contributed by atoms with van der Waals surface area (Å²) in [6.45, 7) is 0.164. The minimum atomic E-state index is -0.668. The Morgan fingerprint density at radius 3 is 2.74 bits per heavy atom. The molecule has 43 heavy (non-hydrogen) atoms. The average Bonchev–Trinajstić information content (AvgIpc) is 3.01. The van der Waals surface area contributed by atoms with Gasteiger partial charge in [-0.2, -0.15) is 5.26 Å². The fourth-order valence-corrected chi connectivity index (χ4v) is 5.06. The number of likely N-dealkylation sites (tertiary alicyclic amines) is 1. The lowest BCUT2D eigenvalue weighted by Crippen LogP contribution is -2.58. The van der Waals surface area contributed by atoms with Crippen LogP contribution in [0.1, 0.15) is 40.0 Å². The van der Waals surface area contributed by atoms with Crippen LogP contribution in [0.4, 0.5) is 4.39 Å². The molecule has 222 valence electrons. The van der Waals surface area contributed by atoms with Crippen LogP contribution in [-0.2, 0) is 22.6 Å². The van der Waals surface area contributed by atoms with E-state index in [2.05, 4.69) is 15.6 Å². The van der Waals surface area contributed by atoms with Gasteiger partial charge in [-0.3, -0.25) is 14.4 Å². The third-order valence-electron chi connectivity index (χ3n) is 7.24. The molecule has 2 atom stereocenters. The molecule has 0 unspecified atom stereocenters. The number of amides is 3. The Labute approximate surface area is 247 Å². The highest BCUT2D eigenvalue weighted by atomic mass is 19.1. The summed E-state index contributed by atoms with van der Waals surface area (Å²) in [5, 5.41) is 14.7. The number of carbonyl (C=O) groups excluding carboxylic acids is 3. The van der Waals surface area contributed by atoms with Gasteiger partial charge in [0.1, 0.15) is 29.4 Å². The van der Waals surface area contributed by atoms with Crippen molar-refractivity contribution in [3.05, 3.63) is 82.9 Å². The van der Waals surface area contributed by atoms with Crippen LogP contribution in [0.25, 0.3) is 0 Å². The van der Waals surface area contributed by atoms with Crippen LogP contribution in [0.3, 0.4) is 0 Å². The molecule has 0 saturated carbocycles. The van der Waals surface area contributed by atoms with Crippen LogP contribution in [0, 0.1) is 17.1 Å². The number of benzene rings is 2. The van der Waals surface area contributed by atoms with Crippen LogP contribution in [0.15, 0.2) is 54.7 Å². The second kappa shape index (κ2) is 13.2. The van der Waals surface area contributed by atoms with Gasteiger partial charge < -0.3 is 29.7 Å². The number of nitrogens with zero attached hydrogens (tertiary/aromatic N) is 3. The Balaban J connectivity index is 1.41. The minimum absolute atomic E-state index is 0.103. The summed E-state index contributed by atoms with van der Waals surface area (Å²) in [4.78, 5) is 44.5. The van der Waals surface area contributed by atoms with Gasteiger partial charge in [-0.05, 0) is 53.9 Å². The maximum atomic E-state index is 14.5. The fourth-order valence-electron chi connectivity index (χ4n) is 5.06. The van der Waals surface area contributed by atoms with Crippen molar-refractivity contribution in [3.8, 4) is 23.3 Å². The average molecular weight is 588 g/mol. The number of carbonyl (C=O) groups is 3. The normalized spacial score (nSPS) is 19.1. The smallest absolute Gasteiger partial charge is 0.258 e. The van der Waals surface area contributed by atoms with Crippen molar-refractivity contribution in [2.24, 2.45) is 0 Å². The molecule has 2 N–H and O–H groups in total. The lowest BCUT2D eigenvalue weighted by atomic mass is 10.0. The number of halogens is 1. The molecule has 2 aliphatic rings. The molecule has 5 rings (SSSR count). The molecule has 1 saturated heterocycles. The van der Waals surface area contributed by atoms with Crippen molar-refractivity contribution < 1.29 is 33.0 Å². The zero-order valence-electron chi connectivity index (χ0n) is 23.5. The third kappa shape index (κ3) is 7.37. The highest BCUT2D eigenvalue weighted by Crippen LogP contribution is 2.29. The number of pyridine rings is 1. The zero-order valence-corrected chi connectivity index (χ0v) is 23.5. The second-order valence-electron chi connectivity index (χ2n) is 10.3. The standard InChI is InChI=1S/C31H30FN5O6/c1-41-27-6-2-19-3-7-29(38)35-15-20-10-22(32)13-24(11-20)43-26-8-9-37(31(40)21-4-5-23(14-33)34-16-21)17-25(26)36-30(39)18-42-28(27)12-19/h2,4-6,10-13,16,25-26H,3,7-9,15,17-18H2,1H3,(H,35,38)(H,36,39)/t25-,26-/m1/s1. The summed E-state index contributed by atoms with van der Waals surface area (Å²) in [6.07, 6.45) is 1.68. The quantitative estimate of drug-likeness (QED) is 0.466. The Hall–Kier alpha value is -5.18. The zero-order chi connectivity index (χ0) is 30.3. The Kier molecular flexibility index (Phi) is 9.00. The van der Waals surface area contributed by atoms with Gasteiger partial charge >= 0.3 is 0 Å². The topological polar surface area (TPSA) is 143 Å². The first-order chi connectivity index (χ1) is 20.8. The highest BCUT2D eigenvalue weighted by molar-refractivity contribution is 5.94.